The topological polar surface area (TPSA) is 53.3 Å². The van der Waals surface area contributed by atoms with E-state index in [1.165, 1.54) is 5.56 Å². The maximum Gasteiger partial charge on any atom is 0.174 e. The number of anilines is 1. The van der Waals surface area contributed by atoms with Crippen LogP contribution < -0.4 is 10.2 Å². The Hall–Kier alpha value is -3.64. The highest BCUT2D eigenvalue weighted by Gasteiger charge is 2.42. The summed E-state index contributed by atoms with van der Waals surface area (Å²) in [4.78, 5) is 6.83. The summed E-state index contributed by atoms with van der Waals surface area (Å²) in [5, 5.41) is 13.9. The number of pyridine rings is 1. The van der Waals surface area contributed by atoms with Gasteiger partial charge in [0, 0.05) is 29.0 Å². The monoisotopic (exact) mass is 440 g/mol. The Morgan fingerprint density at radius 2 is 1.62 bits per heavy atom. The molecular weight excluding hydrogens is 416 g/mol. The van der Waals surface area contributed by atoms with Crippen molar-refractivity contribution in [1.82, 2.24) is 14.9 Å². The number of nitrogens with one attached hydrogen (secondary N) is 1. The molecule has 2 aromatic heterocycles. The summed E-state index contributed by atoms with van der Waals surface area (Å²) in [6, 6.07) is 25.6. The normalized spacial score (nSPS) is 18.1. The number of hydrogen-bond acceptors (Lipinski definition) is 3. The lowest BCUT2D eigenvalue weighted by atomic mass is 9.96. The van der Waals surface area contributed by atoms with Crippen LogP contribution in [0.2, 0.25) is 0 Å². The fraction of sp³-hybridized carbons (Fsp3) is 0.154. The van der Waals surface area contributed by atoms with Gasteiger partial charge in [0.05, 0.1) is 17.8 Å². The molecule has 0 spiro atoms. The molecule has 1 aliphatic heterocycles. The van der Waals surface area contributed by atoms with Crippen LogP contribution in [0.15, 0.2) is 85.1 Å². The molecule has 2 atom stereocenters. The van der Waals surface area contributed by atoms with E-state index in [4.69, 9.17) is 12.2 Å². The number of phenolic OH excluding ortho intramolecular Hbond substituents is 1. The van der Waals surface area contributed by atoms with Crippen LogP contribution in [0.5, 0.6) is 5.75 Å². The van der Waals surface area contributed by atoms with Gasteiger partial charge in [-0.3, -0.25) is 4.98 Å². The summed E-state index contributed by atoms with van der Waals surface area (Å²) in [5.41, 5.74) is 6.44. The van der Waals surface area contributed by atoms with Crippen LogP contribution in [0.3, 0.4) is 0 Å². The smallest absolute Gasteiger partial charge is 0.174 e. The fourth-order valence-corrected chi connectivity index (χ4v) is 4.97. The number of nitrogens with zero attached hydrogens (tertiary/aromatic N) is 3. The van der Waals surface area contributed by atoms with E-state index in [0.29, 0.717) is 5.11 Å². The standard InChI is InChI=1S/C26H24N4OS/c1-17-16-22(18(2)29(17)20-11-13-21(31)14-12-20)25-24(23-10-6-7-15-27-23)28-26(32)30(25)19-8-4-3-5-9-19/h3-16,24-25,31H,1-2H3,(H,28,32)/t24-,25+/m0/s1. The lowest BCUT2D eigenvalue weighted by Crippen LogP contribution is -2.29. The summed E-state index contributed by atoms with van der Waals surface area (Å²) in [6.07, 6.45) is 1.82. The summed E-state index contributed by atoms with van der Waals surface area (Å²) < 4.78 is 2.22. The van der Waals surface area contributed by atoms with Gasteiger partial charge in [-0.25, -0.2) is 0 Å². The van der Waals surface area contributed by atoms with Crippen molar-refractivity contribution in [1.29, 1.82) is 0 Å². The van der Waals surface area contributed by atoms with Crippen LogP contribution in [0.25, 0.3) is 5.69 Å². The predicted molar refractivity (Wildman–Crippen MR) is 131 cm³/mol. The number of aromatic hydroxyl groups is 1. The highest BCUT2D eigenvalue weighted by molar-refractivity contribution is 7.80. The number of aromatic nitrogens is 2. The Kier molecular flexibility index (Phi) is 5.15. The maximum atomic E-state index is 9.73. The zero-order valence-corrected chi connectivity index (χ0v) is 18.8. The Balaban J connectivity index is 1.67. The number of hydrogen-bond donors (Lipinski definition) is 2. The number of rotatable bonds is 4. The minimum Gasteiger partial charge on any atom is -0.508 e. The van der Waals surface area contributed by atoms with Gasteiger partial charge in [0.1, 0.15) is 5.75 Å². The molecule has 0 aliphatic carbocycles. The number of benzene rings is 2. The Bertz CT molecular complexity index is 1250. The molecule has 5 rings (SSSR count). The molecule has 1 aliphatic rings. The second-order valence-electron chi connectivity index (χ2n) is 8.01. The third kappa shape index (κ3) is 3.42. The maximum absolute atomic E-state index is 9.73. The van der Waals surface area contributed by atoms with Crippen LogP contribution >= 0.6 is 12.2 Å². The minimum absolute atomic E-state index is 0.0585. The summed E-state index contributed by atoms with van der Waals surface area (Å²) in [7, 11) is 0. The molecule has 3 heterocycles. The van der Waals surface area contributed by atoms with E-state index in [0.717, 1.165) is 28.5 Å². The predicted octanol–water partition coefficient (Wildman–Crippen LogP) is 5.37. The molecule has 4 aromatic rings. The van der Waals surface area contributed by atoms with E-state index in [1.807, 2.05) is 54.7 Å². The van der Waals surface area contributed by atoms with Crippen LogP contribution in [-0.4, -0.2) is 19.8 Å². The molecule has 0 unspecified atom stereocenters. The fourth-order valence-electron chi connectivity index (χ4n) is 4.62. The molecule has 1 saturated heterocycles. The average Bonchev–Trinajstić information content (AvgIpc) is 3.31. The molecule has 0 amide bonds. The van der Waals surface area contributed by atoms with Gasteiger partial charge in [0.2, 0.25) is 0 Å². The van der Waals surface area contributed by atoms with Gasteiger partial charge in [-0.05, 0) is 86.2 Å². The highest BCUT2D eigenvalue weighted by atomic mass is 32.1. The third-order valence-electron chi connectivity index (χ3n) is 6.03. The van der Waals surface area contributed by atoms with Crippen molar-refractivity contribution >= 4 is 23.0 Å². The second-order valence-corrected chi connectivity index (χ2v) is 8.40. The first kappa shape index (κ1) is 20.3. The average molecular weight is 441 g/mol. The zero-order valence-electron chi connectivity index (χ0n) is 17.9. The van der Waals surface area contributed by atoms with Crippen LogP contribution in [0.4, 0.5) is 5.69 Å². The molecule has 32 heavy (non-hydrogen) atoms. The van der Waals surface area contributed by atoms with Gasteiger partial charge >= 0.3 is 0 Å². The quantitative estimate of drug-likeness (QED) is 0.418. The highest BCUT2D eigenvalue weighted by Crippen LogP contribution is 2.43. The summed E-state index contributed by atoms with van der Waals surface area (Å²) in [5.74, 6) is 0.257. The van der Waals surface area contributed by atoms with Crippen molar-refractivity contribution in [3.63, 3.8) is 0 Å². The van der Waals surface area contributed by atoms with E-state index < -0.39 is 0 Å². The zero-order chi connectivity index (χ0) is 22.2. The first-order chi connectivity index (χ1) is 15.5. The van der Waals surface area contributed by atoms with E-state index in [-0.39, 0.29) is 17.8 Å². The molecule has 1 fully saturated rings. The lowest BCUT2D eigenvalue weighted by Gasteiger charge is -2.28. The van der Waals surface area contributed by atoms with Gasteiger partial charge in [0.15, 0.2) is 5.11 Å². The number of aryl methyl sites for hydroxylation is 1. The minimum atomic E-state index is -0.0855. The van der Waals surface area contributed by atoms with Gasteiger partial charge in [-0.1, -0.05) is 24.3 Å². The summed E-state index contributed by atoms with van der Waals surface area (Å²) in [6.45, 7) is 4.24. The van der Waals surface area contributed by atoms with Crippen LogP contribution in [-0.2, 0) is 0 Å². The van der Waals surface area contributed by atoms with E-state index in [1.54, 1.807) is 12.1 Å². The molecule has 6 heteroatoms. The van der Waals surface area contributed by atoms with Gasteiger partial charge in [-0.15, -0.1) is 0 Å². The van der Waals surface area contributed by atoms with Crippen LogP contribution in [0.1, 0.15) is 34.7 Å². The van der Waals surface area contributed by atoms with Crippen molar-refractivity contribution in [2.75, 3.05) is 4.90 Å². The lowest BCUT2D eigenvalue weighted by molar-refractivity contribution is 0.475. The van der Waals surface area contributed by atoms with E-state index in [2.05, 4.69) is 51.8 Å². The molecule has 160 valence electrons. The number of phenols is 1. The van der Waals surface area contributed by atoms with Crippen molar-refractivity contribution in [2.45, 2.75) is 25.9 Å². The van der Waals surface area contributed by atoms with Crippen molar-refractivity contribution in [2.24, 2.45) is 0 Å². The van der Waals surface area contributed by atoms with E-state index >= 15 is 0 Å². The van der Waals surface area contributed by atoms with Crippen molar-refractivity contribution in [3.05, 3.63) is 108 Å². The Morgan fingerprint density at radius 1 is 0.906 bits per heavy atom. The molecule has 5 nitrogen and oxygen atoms in total. The molecule has 2 N–H and O–H groups in total. The number of thiocarbonyl (C=S) groups is 1. The molecule has 0 radical (unpaired) electrons. The van der Waals surface area contributed by atoms with Gasteiger partial charge in [0.25, 0.3) is 0 Å². The largest absolute Gasteiger partial charge is 0.508 e. The summed E-state index contributed by atoms with van der Waals surface area (Å²) >= 11 is 5.82. The molecular formula is C26H24N4OS. The Labute approximate surface area is 193 Å². The first-order valence-electron chi connectivity index (χ1n) is 10.6. The van der Waals surface area contributed by atoms with Crippen molar-refractivity contribution in [3.8, 4) is 11.4 Å². The van der Waals surface area contributed by atoms with Gasteiger partial charge < -0.3 is 19.9 Å². The Morgan fingerprint density at radius 3 is 2.31 bits per heavy atom. The van der Waals surface area contributed by atoms with Crippen molar-refractivity contribution < 1.29 is 5.11 Å². The third-order valence-corrected chi connectivity index (χ3v) is 6.34. The van der Waals surface area contributed by atoms with Gasteiger partial charge in [-0.2, -0.15) is 0 Å². The second kappa shape index (κ2) is 8.13. The number of para-hydroxylation sites is 1. The molecule has 2 aromatic carbocycles. The molecule has 0 bridgehead atoms. The van der Waals surface area contributed by atoms with Crippen LogP contribution in [0, 0.1) is 13.8 Å². The van der Waals surface area contributed by atoms with E-state index in [9.17, 15) is 5.11 Å². The first-order valence-corrected chi connectivity index (χ1v) is 11.0. The SMILES string of the molecule is Cc1cc([C@@H]2[C@H](c3ccccn3)NC(=S)N2c2ccccc2)c(C)n1-c1ccc(O)cc1. The molecule has 0 saturated carbocycles.